The maximum absolute atomic E-state index is 11.9. The van der Waals surface area contributed by atoms with Crippen molar-refractivity contribution in [2.24, 2.45) is 5.92 Å². The average molecular weight is 404 g/mol. The number of carbonyl (C=O) groups is 3. The number of hydrogen-bond acceptors (Lipinski definition) is 6. The first-order valence-electron chi connectivity index (χ1n) is 9.06. The summed E-state index contributed by atoms with van der Waals surface area (Å²) < 4.78 is 10.6. The molecule has 0 bridgehead atoms. The van der Waals surface area contributed by atoms with Gasteiger partial charge in [0.2, 0.25) is 5.91 Å². The molecule has 1 heterocycles. The molecule has 0 aliphatic heterocycles. The van der Waals surface area contributed by atoms with Crippen molar-refractivity contribution in [3.8, 4) is 5.75 Å². The molecule has 0 spiro atoms. The molecule has 2 amide bonds. The third kappa shape index (κ3) is 5.56. The molecule has 2 rings (SSSR count). The zero-order valence-electron chi connectivity index (χ0n) is 16.7. The first kappa shape index (κ1) is 21.9. The lowest BCUT2D eigenvalue weighted by atomic mass is 10.1. The third-order valence-corrected chi connectivity index (χ3v) is 4.49. The van der Waals surface area contributed by atoms with Crippen LogP contribution in [0.1, 0.15) is 25.0 Å². The van der Waals surface area contributed by atoms with Crippen molar-refractivity contribution in [2.45, 2.75) is 33.7 Å². The molecule has 1 aromatic carbocycles. The van der Waals surface area contributed by atoms with Crippen molar-refractivity contribution in [2.75, 3.05) is 13.2 Å². The summed E-state index contributed by atoms with van der Waals surface area (Å²) in [5.41, 5.74) is 1.26. The minimum absolute atomic E-state index is 0.295. The lowest BCUT2D eigenvalue weighted by Crippen LogP contribution is -2.48. The fraction of sp³-hybridized carbons (Fsp3) is 0.400. The number of carboxylic acids is 1. The molecule has 29 heavy (non-hydrogen) atoms. The van der Waals surface area contributed by atoms with Gasteiger partial charge < -0.3 is 24.9 Å². The van der Waals surface area contributed by atoms with Crippen LogP contribution in [0.4, 0.5) is 0 Å². The average Bonchev–Trinajstić information content (AvgIpc) is 2.66. The molecule has 0 aliphatic carbocycles. The van der Waals surface area contributed by atoms with Crippen molar-refractivity contribution in [1.29, 1.82) is 0 Å². The molecule has 9 nitrogen and oxygen atoms in total. The molecule has 0 saturated carbocycles. The predicted molar refractivity (Wildman–Crippen MR) is 105 cm³/mol. The van der Waals surface area contributed by atoms with Gasteiger partial charge in [-0.3, -0.25) is 9.59 Å². The Morgan fingerprint density at radius 2 is 1.83 bits per heavy atom. The lowest BCUT2D eigenvalue weighted by molar-refractivity contribution is -0.143. The van der Waals surface area contributed by atoms with Crippen LogP contribution < -0.4 is 21.0 Å². The number of nitrogens with one attached hydrogen (secondary N) is 2. The Morgan fingerprint density at radius 1 is 1.14 bits per heavy atom. The van der Waals surface area contributed by atoms with E-state index < -0.39 is 29.5 Å². The third-order valence-electron chi connectivity index (χ3n) is 4.49. The fourth-order valence-corrected chi connectivity index (χ4v) is 2.64. The smallest absolute Gasteiger partial charge is 0.339 e. The number of carbonyl (C=O) groups excluding carboxylic acids is 2. The number of hydrogen-bond donors (Lipinski definition) is 3. The van der Waals surface area contributed by atoms with Crippen LogP contribution >= 0.6 is 0 Å². The van der Waals surface area contributed by atoms with E-state index in [0.717, 1.165) is 10.9 Å². The van der Waals surface area contributed by atoms with E-state index in [4.69, 9.17) is 14.3 Å². The number of rotatable bonds is 8. The Morgan fingerprint density at radius 3 is 2.45 bits per heavy atom. The van der Waals surface area contributed by atoms with Crippen LogP contribution in [0.3, 0.4) is 0 Å². The summed E-state index contributed by atoms with van der Waals surface area (Å²) in [6, 6.07) is 3.87. The van der Waals surface area contributed by atoms with Gasteiger partial charge in [0.25, 0.3) is 5.91 Å². The molecule has 1 atom stereocenters. The molecule has 0 saturated heterocycles. The summed E-state index contributed by atoms with van der Waals surface area (Å²) in [6.45, 7) is 6.11. The highest BCUT2D eigenvalue weighted by Crippen LogP contribution is 2.23. The summed E-state index contributed by atoms with van der Waals surface area (Å²) in [4.78, 5) is 46.6. The van der Waals surface area contributed by atoms with Crippen LogP contribution in [0.2, 0.25) is 0 Å². The second-order valence-corrected chi connectivity index (χ2v) is 6.99. The molecular weight excluding hydrogens is 380 g/mol. The number of aliphatic carboxylic acids is 1. The molecule has 0 radical (unpaired) electrons. The van der Waals surface area contributed by atoms with Gasteiger partial charge in [-0.25, -0.2) is 9.59 Å². The number of fused-ring (bicyclic) bond motifs is 1. The van der Waals surface area contributed by atoms with Crippen LogP contribution in [0.25, 0.3) is 11.0 Å². The van der Waals surface area contributed by atoms with Gasteiger partial charge in [-0.2, -0.15) is 0 Å². The van der Waals surface area contributed by atoms with Gasteiger partial charge in [0.15, 0.2) is 6.61 Å². The predicted octanol–water partition coefficient (Wildman–Crippen LogP) is 1.13. The lowest BCUT2D eigenvalue weighted by Gasteiger charge is -2.18. The van der Waals surface area contributed by atoms with Crippen molar-refractivity contribution in [3.05, 3.63) is 39.7 Å². The molecular formula is C20H24N2O7. The van der Waals surface area contributed by atoms with Crippen LogP contribution in [-0.2, 0) is 14.4 Å². The quantitative estimate of drug-likeness (QED) is 0.561. The van der Waals surface area contributed by atoms with Crippen LogP contribution in [-0.4, -0.2) is 42.1 Å². The minimum atomic E-state index is -1.14. The Labute approximate surface area is 167 Å². The van der Waals surface area contributed by atoms with Crippen LogP contribution in [0.15, 0.2) is 27.4 Å². The van der Waals surface area contributed by atoms with E-state index in [1.54, 1.807) is 32.9 Å². The Kier molecular flexibility index (Phi) is 6.98. The molecule has 3 N–H and O–H groups in total. The number of aryl methyl sites for hydroxylation is 1. The minimum Gasteiger partial charge on any atom is -0.484 e. The van der Waals surface area contributed by atoms with Gasteiger partial charge in [0, 0.05) is 17.0 Å². The number of amides is 2. The molecule has 0 fully saturated rings. The van der Waals surface area contributed by atoms with E-state index >= 15 is 0 Å². The standard InChI is InChI=1S/C20H24N2O7/c1-10(2)18(19(25)26)22-16(23)8-21-17(24)9-28-13-5-6-14-11(3)12(4)20(27)29-15(14)7-13/h5-7,10,18H,8-9H2,1-4H3,(H,21,24)(H,22,23)(H,25,26). The van der Waals surface area contributed by atoms with E-state index in [-0.39, 0.29) is 19.1 Å². The highest BCUT2D eigenvalue weighted by molar-refractivity contribution is 5.88. The summed E-state index contributed by atoms with van der Waals surface area (Å²) in [7, 11) is 0. The van der Waals surface area contributed by atoms with E-state index in [2.05, 4.69) is 10.6 Å². The van der Waals surface area contributed by atoms with Gasteiger partial charge >= 0.3 is 11.6 Å². The SMILES string of the molecule is Cc1c(C)c2ccc(OCC(=O)NCC(=O)NC(C(=O)O)C(C)C)cc2oc1=O. The Hall–Kier alpha value is -3.36. The van der Waals surface area contributed by atoms with E-state index in [1.807, 2.05) is 6.92 Å². The van der Waals surface area contributed by atoms with Crippen molar-refractivity contribution >= 4 is 28.8 Å². The normalized spacial score (nSPS) is 11.9. The van der Waals surface area contributed by atoms with Gasteiger partial charge in [0.05, 0.1) is 6.54 Å². The van der Waals surface area contributed by atoms with Crippen molar-refractivity contribution in [1.82, 2.24) is 10.6 Å². The van der Waals surface area contributed by atoms with Crippen LogP contribution in [0, 0.1) is 19.8 Å². The zero-order chi connectivity index (χ0) is 21.7. The van der Waals surface area contributed by atoms with Crippen molar-refractivity contribution in [3.63, 3.8) is 0 Å². The highest BCUT2D eigenvalue weighted by Gasteiger charge is 2.23. The number of carboxylic acid groups (broad SMARTS) is 1. The molecule has 2 aromatic rings. The second kappa shape index (κ2) is 9.22. The molecule has 0 aliphatic rings. The number of benzene rings is 1. The second-order valence-electron chi connectivity index (χ2n) is 6.99. The van der Waals surface area contributed by atoms with Gasteiger partial charge in [-0.05, 0) is 37.5 Å². The first-order valence-corrected chi connectivity index (χ1v) is 9.06. The first-order chi connectivity index (χ1) is 13.6. The molecule has 1 aromatic heterocycles. The molecule has 9 heteroatoms. The van der Waals surface area contributed by atoms with E-state index in [0.29, 0.717) is 16.9 Å². The Balaban J connectivity index is 1.91. The van der Waals surface area contributed by atoms with E-state index in [1.165, 1.54) is 6.07 Å². The largest absolute Gasteiger partial charge is 0.484 e. The molecule has 1 unspecified atom stereocenters. The highest BCUT2D eigenvalue weighted by atomic mass is 16.5. The van der Waals surface area contributed by atoms with E-state index in [9.17, 15) is 19.2 Å². The summed E-state index contributed by atoms with van der Waals surface area (Å²) in [6.07, 6.45) is 0. The van der Waals surface area contributed by atoms with Gasteiger partial charge in [-0.1, -0.05) is 13.8 Å². The zero-order valence-corrected chi connectivity index (χ0v) is 16.7. The van der Waals surface area contributed by atoms with Crippen molar-refractivity contribution < 1.29 is 28.6 Å². The summed E-state index contributed by atoms with van der Waals surface area (Å²) in [5.74, 6) is -2.28. The summed E-state index contributed by atoms with van der Waals surface area (Å²) >= 11 is 0. The van der Waals surface area contributed by atoms with Gasteiger partial charge in [0.1, 0.15) is 17.4 Å². The van der Waals surface area contributed by atoms with Crippen LogP contribution in [0.5, 0.6) is 5.75 Å². The van der Waals surface area contributed by atoms with Gasteiger partial charge in [-0.15, -0.1) is 0 Å². The topological polar surface area (TPSA) is 135 Å². The monoisotopic (exact) mass is 404 g/mol. The fourth-order valence-electron chi connectivity index (χ4n) is 2.64. The number of ether oxygens (including phenoxy) is 1. The maximum Gasteiger partial charge on any atom is 0.339 e. The maximum atomic E-state index is 11.9. The summed E-state index contributed by atoms with van der Waals surface area (Å²) in [5, 5.41) is 14.5. The Bertz CT molecular complexity index is 994. The molecule has 156 valence electrons.